The summed E-state index contributed by atoms with van der Waals surface area (Å²) >= 11 is 6.00. The van der Waals surface area contributed by atoms with Crippen molar-refractivity contribution < 1.29 is 4.79 Å². The molecule has 0 bridgehead atoms. The normalized spacial score (nSPS) is 10.8. The van der Waals surface area contributed by atoms with Crippen molar-refractivity contribution in [3.8, 4) is 0 Å². The van der Waals surface area contributed by atoms with Crippen LogP contribution in [-0.2, 0) is 20.1 Å². The van der Waals surface area contributed by atoms with E-state index in [0.29, 0.717) is 17.3 Å². The molecule has 7 heteroatoms. The molecule has 2 aromatic rings. The van der Waals surface area contributed by atoms with E-state index in [1.54, 1.807) is 25.2 Å². The van der Waals surface area contributed by atoms with E-state index in [4.69, 9.17) is 11.6 Å². The van der Waals surface area contributed by atoms with Crippen molar-refractivity contribution in [2.24, 2.45) is 7.05 Å². The lowest BCUT2D eigenvalue weighted by molar-refractivity contribution is 0.0774. The van der Waals surface area contributed by atoms with E-state index in [-0.39, 0.29) is 5.91 Å². The molecule has 2 heterocycles. The number of halogens is 1. The number of aryl methyl sites for hydroxylation is 2. The van der Waals surface area contributed by atoms with E-state index in [9.17, 15) is 4.79 Å². The third-order valence-corrected chi connectivity index (χ3v) is 3.63. The second-order valence-corrected chi connectivity index (χ2v) is 5.10. The van der Waals surface area contributed by atoms with E-state index in [0.717, 1.165) is 17.8 Å². The Morgan fingerprint density at radius 2 is 2.10 bits per heavy atom. The van der Waals surface area contributed by atoms with Gasteiger partial charge in [0.2, 0.25) is 0 Å². The maximum absolute atomic E-state index is 12.4. The van der Waals surface area contributed by atoms with Crippen LogP contribution in [0.3, 0.4) is 0 Å². The fraction of sp³-hybridized carbons (Fsp3) is 0.462. The molecular formula is C13H18ClN5O. The second-order valence-electron chi connectivity index (χ2n) is 4.70. The lowest BCUT2D eigenvalue weighted by Gasteiger charge is -2.17. The van der Waals surface area contributed by atoms with Crippen LogP contribution in [0.25, 0.3) is 0 Å². The van der Waals surface area contributed by atoms with Crippen LogP contribution in [-0.4, -0.2) is 37.4 Å². The van der Waals surface area contributed by atoms with Crippen molar-refractivity contribution in [2.45, 2.75) is 26.9 Å². The minimum absolute atomic E-state index is 0.154. The molecule has 0 aliphatic rings. The van der Waals surface area contributed by atoms with Gasteiger partial charge in [0, 0.05) is 38.4 Å². The van der Waals surface area contributed by atoms with Crippen LogP contribution in [0.4, 0.5) is 0 Å². The lowest BCUT2D eigenvalue weighted by atomic mass is 10.2. The highest BCUT2D eigenvalue weighted by atomic mass is 35.5. The summed E-state index contributed by atoms with van der Waals surface area (Å²) in [5.41, 5.74) is 2.50. The van der Waals surface area contributed by atoms with Gasteiger partial charge >= 0.3 is 0 Å². The number of nitrogens with zero attached hydrogens (tertiary/aromatic N) is 5. The maximum Gasteiger partial charge on any atom is 0.273 e. The van der Waals surface area contributed by atoms with E-state index in [1.807, 2.05) is 18.5 Å². The minimum Gasteiger partial charge on any atom is -0.336 e. The minimum atomic E-state index is -0.154. The third-order valence-electron chi connectivity index (χ3n) is 3.36. The zero-order chi connectivity index (χ0) is 14.9. The van der Waals surface area contributed by atoms with Crippen molar-refractivity contribution in [3.63, 3.8) is 0 Å². The number of amides is 1. The fourth-order valence-electron chi connectivity index (χ4n) is 2.12. The summed E-state index contributed by atoms with van der Waals surface area (Å²) in [5, 5.41) is 8.63. The lowest BCUT2D eigenvalue weighted by Crippen LogP contribution is -2.28. The first-order valence-corrected chi connectivity index (χ1v) is 6.77. The van der Waals surface area contributed by atoms with Crippen molar-refractivity contribution in [2.75, 3.05) is 7.05 Å². The van der Waals surface area contributed by atoms with Crippen LogP contribution < -0.4 is 0 Å². The summed E-state index contributed by atoms with van der Waals surface area (Å²) in [5.74, 6) is -0.154. The van der Waals surface area contributed by atoms with Gasteiger partial charge in [-0.2, -0.15) is 10.2 Å². The monoisotopic (exact) mass is 295 g/mol. The van der Waals surface area contributed by atoms with Gasteiger partial charge in [-0.05, 0) is 13.8 Å². The molecule has 20 heavy (non-hydrogen) atoms. The average Bonchev–Trinajstić information content (AvgIpc) is 2.93. The van der Waals surface area contributed by atoms with Gasteiger partial charge in [0.05, 0.1) is 17.4 Å². The molecule has 0 aromatic carbocycles. The molecule has 0 atom stereocenters. The molecule has 0 saturated carbocycles. The predicted molar refractivity (Wildman–Crippen MR) is 76.7 cm³/mol. The molecule has 0 N–H and O–H groups in total. The molecule has 0 fully saturated rings. The van der Waals surface area contributed by atoms with Gasteiger partial charge in [0.15, 0.2) is 0 Å². The van der Waals surface area contributed by atoms with Crippen LogP contribution in [0, 0.1) is 6.92 Å². The summed E-state index contributed by atoms with van der Waals surface area (Å²) in [6.07, 6.45) is 3.27. The Morgan fingerprint density at radius 3 is 2.60 bits per heavy atom. The van der Waals surface area contributed by atoms with Gasteiger partial charge in [-0.3, -0.25) is 14.2 Å². The third kappa shape index (κ3) is 2.56. The SMILES string of the molecule is CCn1ncc(CN(C)C(=O)c2c(Cl)cnn2C)c1C. The maximum atomic E-state index is 12.4. The highest BCUT2D eigenvalue weighted by Crippen LogP contribution is 2.17. The van der Waals surface area contributed by atoms with Gasteiger partial charge in [-0.15, -0.1) is 0 Å². The van der Waals surface area contributed by atoms with Crippen LogP contribution in [0.1, 0.15) is 28.7 Å². The molecule has 2 aromatic heterocycles. The summed E-state index contributed by atoms with van der Waals surface area (Å²) in [4.78, 5) is 14.0. The largest absolute Gasteiger partial charge is 0.336 e. The Balaban J connectivity index is 2.18. The zero-order valence-electron chi connectivity index (χ0n) is 12.1. The van der Waals surface area contributed by atoms with Crippen molar-refractivity contribution >= 4 is 17.5 Å². The van der Waals surface area contributed by atoms with Crippen molar-refractivity contribution in [1.82, 2.24) is 24.5 Å². The molecule has 0 spiro atoms. The van der Waals surface area contributed by atoms with Gasteiger partial charge in [0.1, 0.15) is 5.69 Å². The van der Waals surface area contributed by atoms with Crippen LogP contribution in [0.15, 0.2) is 12.4 Å². The van der Waals surface area contributed by atoms with Crippen LogP contribution >= 0.6 is 11.6 Å². The number of carbonyl (C=O) groups excluding carboxylic acids is 1. The first-order valence-electron chi connectivity index (χ1n) is 6.40. The van der Waals surface area contributed by atoms with E-state index in [2.05, 4.69) is 10.2 Å². The number of aromatic nitrogens is 4. The number of hydrogen-bond acceptors (Lipinski definition) is 3. The average molecular weight is 296 g/mol. The first-order chi connectivity index (χ1) is 9.45. The molecule has 0 aliphatic carbocycles. The molecule has 1 amide bonds. The molecule has 0 unspecified atom stereocenters. The Labute approximate surface area is 122 Å². The van der Waals surface area contributed by atoms with E-state index >= 15 is 0 Å². The molecule has 2 rings (SSSR count). The summed E-state index contributed by atoms with van der Waals surface area (Å²) in [7, 11) is 3.45. The molecule has 0 aliphatic heterocycles. The molecule has 108 valence electrons. The van der Waals surface area contributed by atoms with Gasteiger partial charge < -0.3 is 4.90 Å². The standard InChI is InChI=1S/C13H18ClN5O/c1-5-19-9(2)10(6-16-19)8-17(3)13(20)12-11(14)7-15-18(12)4/h6-7H,5,8H2,1-4H3. The molecule has 0 radical (unpaired) electrons. The number of carbonyl (C=O) groups is 1. The van der Waals surface area contributed by atoms with E-state index < -0.39 is 0 Å². The summed E-state index contributed by atoms with van der Waals surface area (Å²) < 4.78 is 3.40. The van der Waals surface area contributed by atoms with E-state index in [1.165, 1.54) is 10.9 Å². The predicted octanol–water partition coefficient (Wildman–Crippen LogP) is 1.87. The Hall–Kier alpha value is -1.82. The van der Waals surface area contributed by atoms with Crippen molar-refractivity contribution in [3.05, 3.63) is 34.4 Å². The van der Waals surface area contributed by atoms with Gasteiger partial charge in [-0.1, -0.05) is 11.6 Å². The van der Waals surface area contributed by atoms with Gasteiger partial charge in [-0.25, -0.2) is 0 Å². The molecular weight excluding hydrogens is 278 g/mol. The second kappa shape index (κ2) is 5.66. The summed E-state index contributed by atoms with van der Waals surface area (Å²) in [6, 6.07) is 0. The molecule has 0 saturated heterocycles. The highest BCUT2D eigenvalue weighted by Gasteiger charge is 2.20. The topological polar surface area (TPSA) is 56.0 Å². The quantitative estimate of drug-likeness (QED) is 0.865. The van der Waals surface area contributed by atoms with Gasteiger partial charge in [0.25, 0.3) is 5.91 Å². The number of rotatable bonds is 4. The first kappa shape index (κ1) is 14.6. The Kier molecular flexibility index (Phi) is 4.13. The zero-order valence-corrected chi connectivity index (χ0v) is 12.8. The Morgan fingerprint density at radius 1 is 1.40 bits per heavy atom. The number of hydrogen-bond donors (Lipinski definition) is 0. The van der Waals surface area contributed by atoms with Crippen molar-refractivity contribution in [1.29, 1.82) is 0 Å². The smallest absolute Gasteiger partial charge is 0.273 e. The molecule has 6 nitrogen and oxygen atoms in total. The van der Waals surface area contributed by atoms with Crippen LogP contribution in [0.2, 0.25) is 5.02 Å². The fourth-order valence-corrected chi connectivity index (χ4v) is 2.37. The highest BCUT2D eigenvalue weighted by molar-refractivity contribution is 6.33. The Bertz CT molecular complexity index is 611. The van der Waals surface area contributed by atoms with Crippen LogP contribution in [0.5, 0.6) is 0 Å². The summed E-state index contributed by atoms with van der Waals surface area (Å²) in [6.45, 7) is 5.35.